The van der Waals surface area contributed by atoms with E-state index in [-0.39, 0.29) is 17.1 Å². The largest absolute Gasteiger partial charge is 0.497 e. The van der Waals surface area contributed by atoms with Crippen molar-refractivity contribution in [2.24, 2.45) is 0 Å². The Balaban J connectivity index is 1.63. The first kappa shape index (κ1) is 20.9. The van der Waals surface area contributed by atoms with Crippen molar-refractivity contribution >= 4 is 46.6 Å². The summed E-state index contributed by atoms with van der Waals surface area (Å²) in [4.78, 5) is 29.8. The van der Waals surface area contributed by atoms with Gasteiger partial charge in [-0.25, -0.2) is 0 Å². The van der Waals surface area contributed by atoms with Gasteiger partial charge in [0.25, 0.3) is 5.91 Å². The van der Waals surface area contributed by atoms with E-state index in [2.05, 4.69) is 0 Å². The summed E-state index contributed by atoms with van der Waals surface area (Å²) in [5.41, 5.74) is 3.29. The first-order chi connectivity index (χ1) is 15.5. The van der Waals surface area contributed by atoms with Crippen molar-refractivity contribution in [3.63, 3.8) is 0 Å². The molecule has 5 rings (SSSR count). The number of benzene rings is 3. The van der Waals surface area contributed by atoms with Crippen LogP contribution in [0.4, 0.5) is 11.4 Å². The molecule has 2 amide bonds. The van der Waals surface area contributed by atoms with Gasteiger partial charge in [0.2, 0.25) is 10.8 Å². The fourth-order valence-electron chi connectivity index (χ4n) is 4.40. The fourth-order valence-corrected chi connectivity index (χ4v) is 6.05. The fraction of sp³-hybridized carbons (Fsp3) is 0.200. The van der Waals surface area contributed by atoms with E-state index in [1.807, 2.05) is 67.6 Å². The minimum atomic E-state index is -1.14. The number of rotatable bonds is 4. The quantitative estimate of drug-likeness (QED) is 0.531. The number of hydrogen-bond acceptors (Lipinski definition) is 4. The number of hydrogen-bond donors (Lipinski definition) is 0. The van der Waals surface area contributed by atoms with Crippen LogP contribution in [-0.4, -0.2) is 24.2 Å². The van der Waals surface area contributed by atoms with Crippen LogP contribution in [0.25, 0.3) is 0 Å². The Labute approximate surface area is 195 Å². The van der Waals surface area contributed by atoms with E-state index < -0.39 is 4.87 Å². The van der Waals surface area contributed by atoms with Gasteiger partial charge in [0.05, 0.1) is 24.6 Å². The SMILES string of the molecule is COc1ccc(N2C(=O)[C@@H](C)S[C@]23C(=O)N(Cc2ccc(Cl)cc2)c2ccccc23)cc1. The molecule has 0 N–H and O–H groups in total. The zero-order valence-corrected chi connectivity index (χ0v) is 19.2. The van der Waals surface area contributed by atoms with Crippen LogP contribution in [0.3, 0.4) is 0 Å². The van der Waals surface area contributed by atoms with Crippen LogP contribution < -0.4 is 14.5 Å². The van der Waals surface area contributed by atoms with Crippen LogP contribution in [0.1, 0.15) is 18.1 Å². The highest BCUT2D eigenvalue weighted by atomic mass is 35.5. The molecule has 0 aromatic heterocycles. The Morgan fingerprint density at radius 3 is 2.38 bits per heavy atom. The number of fused-ring (bicyclic) bond motifs is 2. The number of nitrogens with zero attached hydrogens (tertiary/aromatic N) is 2. The Morgan fingerprint density at radius 1 is 1.00 bits per heavy atom. The molecule has 2 heterocycles. The first-order valence-electron chi connectivity index (χ1n) is 10.3. The van der Waals surface area contributed by atoms with Crippen LogP contribution in [0.15, 0.2) is 72.8 Å². The van der Waals surface area contributed by atoms with Gasteiger partial charge in [0.15, 0.2) is 0 Å². The number of anilines is 2. The van der Waals surface area contributed by atoms with Gasteiger partial charge in [-0.2, -0.15) is 0 Å². The summed E-state index contributed by atoms with van der Waals surface area (Å²) < 4.78 is 5.27. The Hall–Kier alpha value is -2.96. The molecule has 1 fully saturated rings. The molecule has 0 saturated carbocycles. The predicted octanol–water partition coefficient (Wildman–Crippen LogP) is 5.22. The number of para-hydroxylation sites is 1. The van der Waals surface area contributed by atoms with Gasteiger partial charge >= 0.3 is 0 Å². The molecular formula is C25H21ClN2O3S. The molecule has 0 radical (unpaired) electrons. The van der Waals surface area contributed by atoms with Crippen LogP contribution >= 0.6 is 23.4 Å². The molecule has 0 aliphatic carbocycles. The minimum absolute atomic E-state index is 0.0864. The molecule has 2 atom stereocenters. The first-order valence-corrected chi connectivity index (χ1v) is 11.5. The number of thioether (sulfide) groups is 1. The number of carbonyl (C=O) groups is 2. The average molecular weight is 465 g/mol. The summed E-state index contributed by atoms with van der Waals surface area (Å²) >= 11 is 7.44. The summed E-state index contributed by atoms with van der Waals surface area (Å²) in [5, 5.41) is 0.291. The molecule has 7 heteroatoms. The molecule has 5 nitrogen and oxygen atoms in total. The van der Waals surface area contributed by atoms with E-state index in [9.17, 15) is 9.59 Å². The Morgan fingerprint density at radius 2 is 1.69 bits per heavy atom. The summed E-state index contributed by atoms with van der Waals surface area (Å²) in [6.07, 6.45) is 0. The van der Waals surface area contributed by atoms with E-state index in [0.29, 0.717) is 23.0 Å². The van der Waals surface area contributed by atoms with E-state index in [1.165, 1.54) is 11.8 Å². The van der Waals surface area contributed by atoms with E-state index in [1.54, 1.807) is 29.0 Å². The van der Waals surface area contributed by atoms with E-state index in [0.717, 1.165) is 16.8 Å². The lowest BCUT2D eigenvalue weighted by atomic mass is 10.0. The zero-order valence-electron chi connectivity index (χ0n) is 17.6. The smallest absolute Gasteiger partial charge is 0.269 e. The van der Waals surface area contributed by atoms with Gasteiger partial charge in [-0.1, -0.05) is 41.9 Å². The molecule has 3 aromatic carbocycles. The van der Waals surface area contributed by atoms with Crippen molar-refractivity contribution in [3.8, 4) is 5.75 Å². The third kappa shape index (κ3) is 3.09. The maximum Gasteiger partial charge on any atom is 0.269 e. The third-order valence-electron chi connectivity index (χ3n) is 5.91. The van der Waals surface area contributed by atoms with Gasteiger partial charge in [0.1, 0.15) is 5.75 Å². The Kier molecular flexibility index (Phi) is 5.14. The van der Waals surface area contributed by atoms with Crippen LogP contribution in [0, 0.1) is 0 Å². The van der Waals surface area contributed by atoms with Gasteiger partial charge in [0, 0.05) is 16.3 Å². The molecule has 1 saturated heterocycles. The minimum Gasteiger partial charge on any atom is -0.497 e. The van der Waals surface area contributed by atoms with Gasteiger partial charge < -0.3 is 9.64 Å². The summed E-state index contributed by atoms with van der Waals surface area (Å²) in [7, 11) is 1.60. The Bertz CT molecular complexity index is 1200. The van der Waals surface area contributed by atoms with Crippen molar-refractivity contribution in [2.75, 3.05) is 16.9 Å². The standard InChI is InChI=1S/C25H21ClN2O3S/c1-16-23(29)28(19-11-13-20(31-2)14-12-19)25(32-16)21-5-3-4-6-22(21)27(24(25)30)15-17-7-9-18(26)10-8-17/h3-14,16H,15H2,1-2H3/t16-,25-/m1/s1. The number of amides is 2. The number of ether oxygens (including phenoxy) is 1. The third-order valence-corrected chi connectivity index (χ3v) is 7.64. The lowest BCUT2D eigenvalue weighted by molar-refractivity contribution is -0.124. The second kappa shape index (κ2) is 7.87. The summed E-state index contributed by atoms with van der Waals surface area (Å²) in [6, 6.07) is 22.5. The predicted molar refractivity (Wildman–Crippen MR) is 128 cm³/mol. The molecule has 2 aliphatic rings. The van der Waals surface area contributed by atoms with E-state index in [4.69, 9.17) is 16.3 Å². The van der Waals surface area contributed by atoms with Crippen LogP contribution in [-0.2, 0) is 21.0 Å². The van der Waals surface area contributed by atoms with Crippen molar-refractivity contribution in [2.45, 2.75) is 23.6 Å². The summed E-state index contributed by atoms with van der Waals surface area (Å²) in [6.45, 7) is 2.25. The zero-order chi connectivity index (χ0) is 22.5. The molecule has 0 unspecified atom stereocenters. The average Bonchev–Trinajstić information content (AvgIpc) is 3.21. The van der Waals surface area contributed by atoms with Crippen molar-refractivity contribution in [3.05, 3.63) is 88.9 Å². The van der Waals surface area contributed by atoms with E-state index >= 15 is 0 Å². The highest BCUT2D eigenvalue weighted by Gasteiger charge is 2.63. The number of methoxy groups -OCH3 is 1. The maximum atomic E-state index is 14.1. The molecule has 162 valence electrons. The monoisotopic (exact) mass is 464 g/mol. The highest BCUT2D eigenvalue weighted by Crippen LogP contribution is 2.58. The van der Waals surface area contributed by atoms with Gasteiger partial charge in [-0.15, -0.1) is 11.8 Å². The maximum absolute atomic E-state index is 14.1. The molecule has 0 bridgehead atoms. The van der Waals surface area contributed by atoms with Crippen molar-refractivity contribution in [1.82, 2.24) is 0 Å². The molecule has 3 aromatic rings. The lowest BCUT2D eigenvalue weighted by Gasteiger charge is -2.33. The van der Waals surface area contributed by atoms with Gasteiger partial charge in [-0.05, 0) is 55.0 Å². The number of carbonyl (C=O) groups excluding carboxylic acids is 2. The topological polar surface area (TPSA) is 49.9 Å². The molecule has 1 spiro atoms. The van der Waals surface area contributed by atoms with Crippen LogP contribution in [0.2, 0.25) is 5.02 Å². The normalized spacial score (nSPS) is 22.0. The van der Waals surface area contributed by atoms with Crippen molar-refractivity contribution in [1.29, 1.82) is 0 Å². The second-order valence-electron chi connectivity index (χ2n) is 7.81. The highest BCUT2D eigenvalue weighted by molar-refractivity contribution is 8.03. The van der Waals surface area contributed by atoms with Crippen molar-refractivity contribution < 1.29 is 14.3 Å². The molecule has 32 heavy (non-hydrogen) atoms. The summed E-state index contributed by atoms with van der Waals surface area (Å²) in [5.74, 6) is 0.487. The lowest BCUT2D eigenvalue weighted by Crippen LogP contribution is -2.49. The second-order valence-corrected chi connectivity index (χ2v) is 9.78. The molecular weight excluding hydrogens is 444 g/mol. The number of halogens is 1. The van der Waals surface area contributed by atoms with Crippen LogP contribution in [0.5, 0.6) is 5.75 Å². The molecule has 2 aliphatic heterocycles. The van der Waals surface area contributed by atoms with Gasteiger partial charge in [-0.3, -0.25) is 14.5 Å².